The average Bonchev–Trinajstić information content (AvgIpc) is 4.16. The Balaban J connectivity index is 0.000000239. The van der Waals surface area contributed by atoms with Gasteiger partial charge in [-0.1, -0.05) is 250 Å². The van der Waals surface area contributed by atoms with Gasteiger partial charge in [0.05, 0.1) is 0 Å². The molecular formula is C66H72. The van der Waals surface area contributed by atoms with Crippen molar-refractivity contribution < 1.29 is 0 Å². The third-order valence-electron chi connectivity index (χ3n) is 12.9. The zero-order valence-corrected chi connectivity index (χ0v) is 41.5. The van der Waals surface area contributed by atoms with Crippen LogP contribution in [-0.2, 0) is 11.8 Å². The Morgan fingerprint density at radius 3 is 2.15 bits per heavy atom. The van der Waals surface area contributed by atoms with Crippen LogP contribution in [0.1, 0.15) is 144 Å². The van der Waals surface area contributed by atoms with Crippen molar-refractivity contribution in [2.45, 2.75) is 106 Å². The number of fused-ring (bicyclic) bond motifs is 7. The number of hydrogen-bond donors (Lipinski definition) is 0. The minimum absolute atomic E-state index is 0.0470. The Hall–Kier alpha value is -6.50. The molecule has 0 saturated heterocycles. The summed E-state index contributed by atoms with van der Waals surface area (Å²) in [4.78, 5) is 0. The predicted molar refractivity (Wildman–Crippen MR) is 294 cm³/mol. The van der Waals surface area contributed by atoms with Gasteiger partial charge < -0.3 is 0 Å². The molecule has 1 atom stereocenters. The second-order valence-corrected chi connectivity index (χ2v) is 17.3. The highest BCUT2D eigenvalue weighted by Gasteiger charge is 2.35. The first-order valence-corrected chi connectivity index (χ1v) is 24.6. The Bertz CT molecular complexity index is 2810. The average molecular weight is 865 g/mol. The number of rotatable bonds is 6. The quantitative estimate of drug-likeness (QED) is 0.146. The third kappa shape index (κ3) is 10.6. The van der Waals surface area contributed by atoms with E-state index in [0.29, 0.717) is 0 Å². The van der Waals surface area contributed by atoms with Crippen LogP contribution in [-0.4, -0.2) is 0 Å². The van der Waals surface area contributed by atoms with E-state index in [1.807, 2.05) is 41.5 Å². The molecule has 66 heavy (non-hydrogen) atoms. The van der Waals surface area contributed by atoms with Crippen molar-refractivity contribution in [3.63, 3.8) is 0 Å². The van der Waals surface area contributed by atoms with Crippen LogP contribution in [0.3, 0.4) is 0 Å². The van der Waals surface area contributed by atoms with E-state index in [4.69, 9.17) is 0 Å². The molecule has 1 unspecified atom stereocenters. The lowest BCUT2D eigenvalue weighted by Crippen LogP contribution is -2.14. The highest BCUT2D eigenvalue weighted by atomic mass is 14.4. The van der Waals surface area contributed by atoms with E-state index in [9.17, 15) is 0 Å². The van der Waals surface area contributed by atoms with Gasteiger partial charge in [-0.2, -0.15) is 0 Å². The smallest absolute Gasteiger partial charge is 0.0214 e. The second kappa shape index (κ2) is 23.1. The fourth-order valence-electron chi connectivity index (χ4n) is 9.78. The number of benzene rings is 5. The van der Waals surface area contributed by atoms with Gasteiger partial charge in [0.25, 0.3) is 0 Å². The lowest BCUT2D eigenvalue weighted by Gasteiger charge is -2.21. The molecule has 0 spiro atoms. The van der Waals surface area contributed by atoms with E-state index in [2.05, 4.69) is 222 Å². The summed E-state index contributed by atoms with van der Waals surface area (Å²) in [6, 6.07) is 38.0. The molecule has 0 amide bonds. The van der Waals surface area contributed by atoms with Crippen LogP contribution >= 0.6 is 0 Å². The number of allylic oxidation sites excluding steroid dienone is 17. The van der Waals surface area contributed by atoms with Crippen molar-refractivity contribution >= 4 is 23.3 Å². The van der Waals surface area contributed by atoms with Crippen molar-refractivity contribution in [1.82, 2.24) is 0 Å². The summed E-state index contributed by atoms with van der Waals surface area (Å²) in [7, 11) is 0. The van der Waals surface area contributed by atoms with Crippen LogP contribution in [0, 0.1) is 0 Å². The van der Waals surface area contributed by atoms with Crippen LogP contribution in [0.2, 0.25) is 0 Å². The Kier molecular flexibility index (Phi) is 17.1. The molecule has 0 N–H and O–H groups in total. The fourth-order valence-corrected chi connectivity index (χ4v) is 9.78. The lowest BCUT2D eigenvalue weighted by molar-refractivity contribution is 0.660. The van der Waals surface area contributed by atoms with Gasteiger partial charge >= 0.3 is 0 Å². The van der Waals surface area contributed by atoms with Gasteiger partial charge in [0, 0.05) is 11.3 Å². The summed E-state index contributed by atoms with van der Waals surface area (Å²) in [5, 5.41) is 0. The van der Waals surface area contributed by atoms with E-state index in [1.54, 1.807) is 0 Å². The van der Waals surface area contributed by atoms with E-state index in [-0.39, 0.29) is 11.3 Å². The van der Waals surface area contributed by atoms with E-state index in [0.717, 1.165) is 31.3 Å². The Labute approximate surface area is 399 Å². The van der Waals surface area contributed by atoms with Gasteiger partial charge in [0.2, 0.25) is 0 Å². The first kappa shape index (κ1) is 48.9. The maximum Gasteiger partial charge on any atom is 0.0214 e. The van der Waals surface area contributed by atoms with Gasteiger partial charge in [0.1, 0.15) is 0 Å². The molecule has 0 heterocycles. The zero-order chi connectivity index (χ0) is 47.2. The van der Waals surface area contributed by atoms with Gasteiger partial charge in [-0.3, -0.25) is 0 Å². The Morgan fingerprint density at radius 1 is 0.667 bits per heavy atom. The van der Waals surface area contributed by atoms with Gasteiger partial charge in [-0.15, -0.1) is 0 Å². The predicted octanol–water partition coefficient (Wildman–Crippen LogP) is 19.2. The highest BCUT2D eigenvalue weighted by molar-refractivity contribution is 5.90. The molecule has 10 rings (SSSR count). The summed E-state index contributed by atoms with van der Waals surface area (Å²) < 4.78 is 0. The molecule has 0 fully saturated rings. The second-order valence-electron chi connectivity index (χ2n) is 17.3. The summed E-state index contributed by atoms with van der Waals surface area (Å²) in [5.41, 5.74) is 24.6. The molecular weight excluding hydrogens is 793 g/mol. The van der Waals surface area contributed by atoms with Crippen LogP contribution in [0.5, 0.6) is 0 Å². The van der Waals surface area contributed by atoms with Crippen molar-refractivity contribution in [3.8, 4) is 22.3 Å². The molecule has 5 aromatic rings. The summed E-state index contributed by atoms with van der Waals surface area (Å²) in [6.07, 6.45) is 35.3. The topological polar surface area (TPSA) is 0 Å². The third-order valence-corrected chi connectivity index (χ3v) is 12.9. The largest absolute Gasteiger partial charge is 0.0911 e. The normalized spacial score (nSPS) is 18.0. The first-order chi connectivity index (χ1) is 32.3. The minimum Gasteiger partial charge on any atom is -0.0911 e. The van der Waals surface area contributed by atoms with Crippen molar-refractivity contribution in [2.24, 2.45) is 0 Å². The maximum atomic E-state index is 4.42. The van der Waals surface area contributed by atoms with Gasteiger partial charge in [0.15, 0.2) is 0 Å². The lowest BCUT2D eigenvalue weighted by atomic mass is 9.82. The molecule has 0 aromatic heterocycles. The summed E-state index contributed by atoms with van der Waals surface area (Å²) >= 11 is 0. The standard InChI is InChI=1S/C41H38.C19H16.3C2H6/c1-5-30(20-21-31-23-25-39-37(28-31)36-17-11-12-19-38(36)41(39,3)4)26-32-22-24-34(27-32)35-18-13-16-33-15-10-8-6-7-9-14-29(2)40(33)35;1-13-9-10-15(11-13)18-8-4-6-16-12-14-5-2-3-7-17(14)19(16)18;3*1-2/h5-7,9-25,27-28,34H,2,8,26H2,1,3-4H3;2-10H,11-12H2,1H3;3*1-2H3/b7-6-,14-9-,15-10-,21-20-,30-5+;;;;. The van der Waals surface area contributed by atoms with Crippen LogP contribution in [0.15, 0.2) is 199 Å². The van der Waals surface area contributed by atoms with Crippen LogP contribution in [0.25, 0.3) is 45.6 Å². The molecule has 336 valence electrons. The highest BCUT2D eigenvalue weighted by Crippen LogP contribution is 2.49. The summed E-state index contributed by atoms with van der Waals surface area (Å²) in [6.45, 7) is 25.4. The zero-order valence-electron chi connectivity index (χ0n) is 41.5. The molecule has 0 aliphatic heterocycles. The minimum atomic E-state index is 0.0470. The molecule has 0 saturated carbocycles. The van der Waals surface area contributed by atoms with Gasteiger partial charge in [-0.05, 0) is 140 Å². The molecule has 0 heteroatoms. The molecule has 5 aliphatic carbocycles. The van der Waals surface area contributed by atoms with E-state index >= 15 is 0 Å². The van der Waals surface area contributed by atoms with Gasteiger partial charge in [-0.25, -0.2) is 0 Å². The van der Waals surface area contributed by atoms with E-state index in [1.165, 1.54) is 94.6 Å². The molecule has 5 aromatic carbocycles. The van der Waals surface area contributed by atoms with Crippen molar-refractivity contribution in [2.75, 3.05) is 0 Å². The van der Waals surface area contributed by atoms with Crippen molar-refractivity contribution in [3.05, 3.63) is 249 Å². The maximum absolute atomic E-state index is 4.42. The SMILES string of the molecule is C=C1/C=C\C=C/C/C=C\c2cccc(C3C=CC(CC(/C=C\c4ccc5c(c4)-c4ccccc4C5(C)C)=C/C)=C3)c21.CC.CC.CC.CC1=CC=C(c2cccc3c2-c2ccccc2C3)C1. The summed E-state index contributed by atoms with van der Waals surface area (Å²) in [5.74, 6) is 0.249. The number of hydrogen-bond acceptors (Lipinski definition) is 0. The molecule has 0 radical (unpaired) electrons. The fraction of sp³-hybridized carbons (Fsp3) is 0.242. The van der Waals surface area contributed by atoms with Crippen LogP contribution < -0.4 is 0 Å². The molecule has 5 aliphatic rings. The Morgan fingerprint density at radius 2 is 1.38 bits per heavy atom. The first-order valence-electron chi connectivity index (χ1n) is 24.6. The molecule has 0 bridgehead atoms. The van der Waals surface area contributed by atoms with Crippen LogP contribution in [0.4, 0.5) is 0 Å². The monoisotopic (exact) mass is 865 g/mol. The van der Waals surface area contributed by atoms with E-state index < -0.39 is 0 Å². The molecule has 0 nitrogen and oxygen atoms in total. The van der Waals surface area contributed by atoms with Crippen molar-refractivity contribution in [1.29, 1.82) is 0 Å².